The molecule has 17 heteroatoms. The minimum absolute atomic E-state index is 0.00185. The van der Waals surface area contributed by atoms with Crippen LogP contribution in [0.25, 0.3) is 0 Å². The van der Waals surface area contributed by atoms with E-state index in [1.165, 1.54) is 0 Å². The number of hydrogen-bond donors (Lipinski definition) is 0. The molecule has 0 bridgehead atoms. The molecule has 0 aromatic rings. The van der Waals surface area contributed by atoms with Crippen molar-refractivity contribution in [2.24, 2.45) is 0 Å². The van der Waals surface area contributed by atoms with E-state index in [0.717, 1.165) is 49.6 Å². The maximum absolute atomic E-state index is 16.7. The molecule has 0 aromatic heterocycles. The third kappa shape index (κ3) is 7.33. The second-order valence-corrected chi connectivity index (χ2v) is 22.1. The Morgan fingerprint density at radius 1 is 0.972 bits per heavy atom. The molecule has 202 valence electrons. The number of allylic oxidation sites excluding steroid dienone is 7. The molecule has 1 nitrogen and oxygen atoms in total. The Bertz CT molecular complexity index is 990. The van der Waals surface area contributed by atoms with Crippen molar-refractivity contribution < 1.29 is 9.13 Å². The molecule has 0 N–H and O–H groups in total. The van der Waals surface area contributed by atoms with Crippen molar-refractivity contribution in [3.8, 4) is 0 Å². The molecule has 2 aliphatic rings. The summed E-state index contributed by atoms with van der Waals surface area (Å²) < 4.78 is 23.6. The molecule has 2 aliphatic carbocycles. The zero-order valence-electron chi connectivity index (χ0n) is 20.4. The maximum atomic E-state index is 16.7. The van der Waals surface area contributed by atoms with Crippen LogP contribution in [0, 0.1) is 0 Å². The van der Waals surface area contributed by atoms with Crippen LogP contribution in [-0.2, 0) is 4.74 Å². The van der Waals surface area contributed by atoms with Gasteiger partial charge in [-0.05, 0) is 61.3 Å². The smallest absolute Gasteiger partial charge is 0.131 e. The predicted octanol–water partition coefficient (Wildman–Crippen LogP) is 5.50. The van der Waals surface area contributed by atoms with Crippen LogP contribution in [-0.4, -0.2) is 68.1 Å². The van der Waals surface area contributed by atoms with Crippen LogP contribution in [0.5, 0.6) is 0 Å². The van der Waals surface area contributed by atoms with Crippen LogP contribution < -0.4 is 0 Å². The highest BCUT2D eigenvalue weighted by atomic mass is 31.0. The molecule has 0 amide bonds. The summed E-state index contributed by atoms with van der Waals surface area (Å²) >= 11 is 0. The monoisotopic (exact) mass is 746 g/mol. The van der Waals surface area contributed by atoms with E-state index in [1.807, 2.05) is 0 Å². The summed E-state index contributed by atoms with van der Waals surface area (Å²) in [5, 5.41) is 6.25. The van der Waals surface area contributed by atoms with Crippen molar-refractivity contribution in [2.45, 2.75) is 52.0 Å². The van der Waals surface area contributed by atoms with Crippen LogP contribution in [0.2, 0.25) is 12.1 Å². The van der Waals surface area contributed by atoms with Gasteiger partial charge < -0.3 is 4.74 Å². The molecule has 0 aromatic carbocycles. The van der Waals surface area contributed by atoms with E-state index in [9.17, 15) is 0 Å². The van der Waals surface area contributed by atoms with Gasteiger partial charge in [0.15, 0.2) is 0 Å². The van der Waals surface area contributed by atoms with Crippen LogP contribution in [0.4, 0.5) is 4.39 Å². The Hall–Kier alpha value is 4.72. The van der Waals surface area contributed by atoms with E-state index in [0.29, 0.717) is 0 Å². The van der Waals surface area contributed by atoms with Gasteiger partial charge in [0, 0.05) is 11.3 Å². The second kappa shape index (κ2) is 15.6. The minimum atomic E-state index is -2.89. The van der Waals surface area contributed by atoms with Crippen LogP contribution >= 0.6 is 120 Å². The quantitative estimate of drug-likeness (QED) is 0.236. The van der Waals surface area contributed by atoms with Gasteiger partial charge in [0.05, 0.1) is 11.6 Å². The van der Waals surface area contributed by atoms with Crippen LogP contribution in [0.1, 0.15) is 0 Å². The first-order chi connectivity index (χ1) is 16.6. The lowest BCUT2D eigenvalue weighted by atomic mass is 9.83. The number of ether oxygens (including phenoxy) is 1. The SMILES string of the molecule is [B]C1=C(P)C(P)C([Si](C)(C2=C(F)C(P)C(P)C(P)=C2P)C(OC(P)CP)/C(P)=C(/P)CP)C(P)C1P. The number of halogens is 1. The third-order valence-electron chi connectivity index (χ3n) is 7.32. The molecule has 22 unspecified atom stereocenters. The van der Waals surface area contributed by atoms with Gasteiger partial charge in [-0.3, -0.25) is 0 Å². The Morgan fingerprint density at radius 2 is 1.53 bits per heavy atom. The summed E-state index contributed by atoms with van der Waals surface area (Å²) in [4.78, 5) is 0. The topological polar surface area (TPSA) is 9.23 Å². The summed E-state index contributed by atoms with van der Waals surface area (Å²) in [5.74, 6) is -0.121. The Labute approximate surface area is 251 Å². The van der Waals surface area contributed by atoms with E-state index >= 15 is 4.39 Å². The lowest BCUT2D eigenvalue weighted by Crippen LogP contribution is -2.61. The maximum Gasteiger partial charge on any atom is 0.131 e. The lowest BCUT2D eigenvalue weighted by molar-refractivity contribution is 0.116. The summed E-state index contributed by atoms with van der Waals surface area (Å²) in [5.41, 5.74) is 0.687. The fourth-order valence-electron chi connectivity index (χ4n) is 5.07. The lowest BCUT2D eigenvalue weighted by Gasteiger charge is -2.54. The first-order valence-corrected chi connectivity index (χ1v) is 22.5. The van der Waals surface area contributed by atoms with Gasteiger partial charge in [-0.1, -0.05) is 11.9 Å². The Morgan fingerprint density at radius 3 is 2.03 bits per heavy atom. The standard InChI is InChI=1S/C19H41BFOP13Si/c1-36(17-7(21)11(30)12(31)13(32)16(17)35,18-14(33)9(28)6(20)10(29)15(18)34)19(22-5(26)3-24)8(27)4(25)2-23/h5,9,11-12,14-15,18-19H,2-3,23-35H2,1H3/b8-4-. The van der Waals surface area contributed by atoms with Crippen molar-refractivity contribution in [3.05, 3.63) is 43.1 Å². The summed E-state index contributed by atoms with van der Waals surface area (Å²) in [7, 11) is 41.2. The zero-order valence-corrected chi connectivity index (χ0v) is 36.4. The highest BCUT2D eigenvalue weighted by molar-refractivity contribution is 7.34. The van der Waals surface area contributed by atoms with Crippen LogP contribution in [0.3, 0.4) is 0 Å². The van der Waals surface area contributed by atoms with Crippen molar-refractivity contribution in [1.82, 2.24) is 0 Å². The van der Waals surface area contributed by atoms with E-state index in [1.54, 1.807) is 0 Å². The normalized spacial score (nSPS) is 34.0. The van der Waals surface area contributed by atoms with Crippen molar-refractivity contribution >= 4 is 136 Å². The van der Waals surface area contributed by atoms with Crippen LogP contribution in [0.15, 0.2) is 43.1 Å². The second-order valence-electron chi connectivity index (χ2n) is 9.47. The molecule has 0 spiro atoms. The van der Waals surface area contributed by atoms with Gasteiger partial charge in [0.2, 0.25) is 0 Å². The molecule has 0 aliphatic heterocycles. The average molecular weight is 746 g/mol. The fraction of sp³-hybridized carbons (Fsp3) is 0.579. The summed E-state index contributed by atoms with van der Waals surface area (Å²) in [6.45, 7) is 2.33. The first kappa shape index (κ1) is 36.9. The van der Waals surface area contributed by atoms with Crippen molar-refractivity contribution in [2.75, 3.05) is 12.3 Å². The molecule has 0 saturated carbocycles. The van der Waals surface area contributed by atoms with Gasteiger partial charge in [0.1, 0.15) is 21.7 Å². The highest BCUT2D eigenvalue weighted by Crippen LogP contribution is 2.59. The first-order valence-electron chi connectivity index (χ1n) is 11.3. The van der Waals surface area contributed by atoms with Gasteiger partial charge in [-0.25, -0.2) is 4.39 Å². The number of hydrogen-bond acceptors (Lipinski definition) is 1. The molecule has 0 heterocycles. The Kier molecular flexibility index (Phi) is 16.0. The van der Waals surface area contributed by atoms with E-state index < -0.39 is 8.07 Å². The van der Waals surface area contributed by atoms with Crippen molar-refractivity contribution in [3.63, 3.8) is 0 Å². The summed E-state index contributed by atoms with van der Waals surface area (Å²) in [6, 6.07) is 0. The Balaban J connectivity index is 3.05. The van der Waals surface area contributed by atoms with Gasteiger partial charge in [-0.15, -0.1) is 126 Å². The molecule has 36 heavy (non-hydrogen) atoms. The van der Waals surface area contributed by atoms with E-state index in [2.05, 4.69) is 127 Å². The molecule has 0 saturated heterocycles. The molecular formula is C19H41BFOP13Si. The van der Waals surface area contributed by atoms with E-state index in [-0.39, 0.29) is 51.2 Å². The van der Waals surface area contributed by atoms with Gasteiger partial charge in [0.25, 0.3) is 0 Å². The average Bonchev–Trinajstić information content (AvgIpc) is 2.85. The largest absolute Gasteiger partial charge is 0.369 e. The van der Waals surface area contributed by atoms with Crippen molar-refractivity contribution in [1.29, 1.82) is 0 Å². The predicted molar refractivity (Wildman–Crippen MR) is 214 cm³/mol. The van der Waals surface area contributed by atoms with E-state index in [4.69, 9.17) is 12.6 Å². The molecule has 2 radical (unpaired) electrons. The molecule has 2 rings (SSSR count). The highest BCUT2D eigenvalue weighted by Gasteiger charge is 2.57. The zero-order chi connectivity index (χ0) is 27.9. The number of rotatable bonds is 8. The van der Waals surface area contributed by atoms with Gasteiger partial charge >= 0.3 is 0 Å². The molecule has 22 atom stereocenters. The van der Waals surface area contributed by atoms with Gasteiger partial charge in [-0.2, -0.15) is 0 Å². The fourth-order valence-corrected chi connectivity index (χ4v) is 21.1. The minimum Gasteiger partial charge on any atom is -0.369 e. The molecule has 0 fully saturated rings. The third-order valence-corrected chi connectivity index (χ3v) is 25.8. The molecular weight excluding hydrogens is 705 g/mol. The summed E-state index contributed by atoms with van der Waals surface area (Å²) in [6.07, 6.45) is 1.56.